The van der Waals surface area contributed by atoms with Gasteiger partial charge >= 0.3 is 0 Å². The summed E-state index contributed by atoms with van der Waals surface area (Å²) in [5, 5.41) is 8.08. The van der Waals surface area contributed by atoms with Crippen molar-refractivity contribution in [2.45, 2.75) is 58.6 Å². The zero-order valence-electron chi connectivity index (χ0n) is 13.3. The van der Waals surface area contributed by atoms with Crippen molar-refractivity contribution in [3.63, 3.8) is 0 Å². The average molecular weight is 267 g/mol. The topological polar surface area (TPSA) is 39.1 Å². The molecule has 0 radical (unpaired) electrons. The number of nitrogens with one attached hydrogen (secondary N) is 1. The van der Waals surface area contributed by atoms with Gasteiger partial charge in [-0.1, -0.05) is 6.92 Å². The molecule has 1 N–H and O–H groups in total. The fraction of sp³-hybridized carbons (Fsp3) is 0.800. The highest BCUT2D eigenvalue weighted by Crippen LogP contribution is 2.26. The van der Waals surface area contributed by atoms with Crippen LogP contribution in [0.2, 0.25) is 0 Å². The van der Waals surface area contributed by atoms with Crippen molar-refractivity contribution in [2.24, 2.45) is 7.05 Å². The number of hydrogen-bond donors (Lipinski definition) is 1. The Kier molecular flexibility index (Phi) is 6.01. The van der Waals surface area contributed by atoms with E-state index in [9.17, 15) is 0 Å². The second-order valence-corrected chi connectivity index (χ2v) is 5.85. The fourth-order valence-corrected chi connectivity index (χ4v) is 2.24. The van der Waals surface area contributed by atoms with Crippen molar-refractivity contribution in [1.82, 2.24) is 15.1 Å². The summed E-state index contributed by atoms with van der Waals surface area (Å²) in [6.45, 7) is 9.59. The van der Waals surface area contributed by atoms with Crippen LogP contribution in [0, 0.1) is 6.92 Å². The maximum Gasteiger partial charge on any atom is 0.0641 e. The molecule has 1 unspecified atom stereocenters. The predicted molar refractivity (Wildman–Crippen MR) is 79.3 cm³/mol. The molecule has 1 atom stereocenters. The van der Waals surface area contributed by atoms with E-state index >= 15 is 0 Å². The molecule has 0 saturated carbocycles. The quantitative estimate of drug-likeness (QED) is 0.787. The standard InChI is InChI=1S/C15H29N3O/c1-7-10-16-14(8-9-15(3,4)19-6)13-11-18(5)17-12(13)2/h11,14,16H,7-10H2,1-6H3. The van der Waals surface area contributed by atoms with Crippen LogP contribution in [0.25, 0.3) is 0 Å². The summed E-state index contributed by atoms with van der Waals surface area (Å²) in [7, 11) is 3.76. The second kappa shape index (κ2) is 7.06. The molecule has 19 heavy (non-hydrogen) atoms. The summed E-state index contributed by atoms with van der Waals surface area (Å²) < 4.78 is 7.41. The van der Waals surface area contributed by atoms with Crippen molar-refractivity contribution < 1.29 is 4.74 Å². The van der Waals surface area contributed by atoms with Crippen LogP contribution in [0.3, 0.4) is 0 Å². The maximum absolute atomic E-state index is 5.52. The molecule has 110 valence electrons. The van der Waals surface area contributed by atoms with Crippen LogP contribution in [0.15, 0.2) is 6.20 Å². The largest absolute Gasteiger partial charge is 0.379 e. The lowest BCUT2D eigenvalue weighted by Gasteiger charge is -2.26. The first-order valence-corrected chi connectivity index (χ1v) is 7.18. The monoisotopic (exact) mass is 267 g/mol. The first-order chi connectivity index (χ1) is 8.89. The Balaban J connectivity index is 2.74. The first-order valence-electron chi connectivity index (χ1n) is 7.18. The molecule has 0 bridgehead atoms. The van der Waals surface area contributed by atoms with E-state index in [4.69, 9.17) is 4.74 Å². The summed E-state index contributed by atoms with van der Waals surface area (Å²) in [6, 6.07) is 0.364. The van der Waals surface area contributed by atoms with Gasteiger partial charge in [0, 0.05) is 32.0 Å². The van der Waals surface area contributed by atoms with Gasteiger partial charge in [-0.2, -0.15) is 5.10 Å². The SMILES string of the molecule is CCCNC(CCC(C)(C)OC)c1cn(C)nc1C. The average Bonchev–Trinajstić information content (AvgIpc) is 2.69. The van der Waals surface area contributed by atoms with Gasteiger partial charge in [0.25, 0.3) is 0 Å². The molecule has 0 fully saturated rings. The highest BCUT2D eigenvalue weighted by atomic mass is 16.5. The Bertz CT molecular complexity index is 385. The van der Waals surface area contributed by atoms with Crippen molar-refractivity contribution in [2.75, 3.05) is 13.7 Å². The highest BCUT2D eigenvalue weighted by Gasteiger charge is 2.22. The molecular formula is C15H29N3O. The molecule has 1 aromatic heterocycles. The number of aromatic nitrogens is 2. The van der Waals surface area contributed by atoms with E-state index in [0.29, 0.717) is 6.04 Å². The molecule has 0 saturated heterocycles. The highest BCUT2D eigenvalue weighted by molar-refractivity contribution is 5.20. The molecular weight excluding hydrogens is 238 g/mol. The summed E-state index contributed by atoms with van der Waals surface area (Å²) in [4.78, 5) is 0. The minimum absolute atomic E-state index is 0.0672. The zero-order chi connectivity index (χ0) is 14.5. The smallest absolute Gasteiger partial charge is 0.0641 e. The molecule has 4 nitrogen and oxygen atoms in total. The van der Waals surface area contributed by atoms with E-state index in [1.165, 1.54) is 5.56 Å². The summed E-state index contributed by atoms with van der Waals surface area (Å²) in [6.07, 6.45) is 5.36. The van der Waals surface area contributed by atoms with E-state index in [-0.39, 0.29) is 5.60 Å². The normalized spacial score (nSPS) is 13.8. The number of hydrogen-bond acceptors (Lipinski definition) is 3. The van der Waals surface area contributed by atoms with Gasteiger partial charge in [-0.3, -0.25) is 4.68 Å². The van der Waals surface area contributed by atoms with Crippen molar-refractivity contribution in [3.8, 4) is 0 Å². The van der Waals surface area contributed by atoms with Gasteiger partial charge in [0.1, 0.15) is 0 Å². The first kappa shape index (κ1) is 16.2. The van der Waals surface area contributed by atoms with Gasteiger partial charge in [0.05, 0.1) is 11.3 Å². The fourth-order valence-electron chi connectivity index (χ4n) is 2.24. The molecule has 0 aliphatic carbocycles. The number of nitrogens with zero attached hydrogens (tertiary/aromatic N) is 2. The minimum atomic E-state index is -0.0672. The van der Waals surface area contributed by atoms with Crippen molar-refractivity contribution >= 4 is 0 Å². The Morgan fingerprint density at radius 1 is 1.47 bits per heavy atom. The predicted octanol–water partition coefficient (Wildman–Crippen LogP) is 2.97. The van der Waals surface area contributed by atoms with Crippen LogP contribution in [0.1, 0.15) is 57.3 Å². The molecule has 1 rings (SSSR count). The molecule has 4 heteroatoms. The van der Waals surface area contributed by atoms with Gasteiger partial charge in [-0.15, -0.1) is 0 Å². The zero-order valence-corrected chi connectivity index (χ0v) is 13.3. The lowest BCUT2D eigenvalue weighted by atomic mass is 9.95. The molecule has 0 aliphatic heterocycles. The van der Waals surface area contributed by atoms with Gasteiger partial charge in [0.15, 0.2) is 0 Å². The third-order valence-electron chi connectivity index (χ3n) is 3.66. The van der Waals surface area contributed by atoms with Crippen LogP contribution in [-0.4, -0.2) is 29.0 Å². The Morgan fingerprint density at radius 2 is 2.16 bits per heavy atom. The van der Waals surface area contributed by atoms with Crippen LogP contribution in [0.4, 0.5) is 0 Å². The van der Waals surface area contributed by atoms with E-state index in [0.717, 1.165) is 31.5 Å². The van der Waals surface area contributed by atoms with E-state index in [2.05, 4.69) is 44.3 Å². The Hall–Kier alpha value is -0.870. The summed E-state index contributed by atoms with van der Waals surface area (Å²) in [5.74, 6) is 0. The van der Waals surface area contributed by atoms with Gasteiger partial charge in [-0.05, 0) is 46.6 Å². The molecule has 0 amide bonds. The van der Waals surface area contributed by atoms with Gasteiger partial charge in [-0.25, -0.2) is 0 Å². The third kappa shape index (κ3) is 4.96. The molecule has 1 heterocycles. The van der Waals surface area contributed by atoms with Crippen LogP contribution >= 0.6 is 0 Å². The number of rotatable bonds is 8. The lowest BCUT2D eigenvalue weighted by molar-refractivity contribution is 0.0116. The number of ether oxygens (including phenoxy) is 1. The minimum Gasteiger partial charge on any atom is -0.379 e. The van der Waals surface area contributed by atoms with Crippen LogP contribution in [0.5, 0.6) is 0 Å². The van der Waals surface area contributed by atoms with Crippen molar-refractivity contribution in [3.05, 3.63) is 17.5 Å². The van der Waals surface area contributed by atoms with Gasteiger partial charge < -0.3 is 10.1 Å². The molecule has 1 aromatic rings. The van der Waals surface area contributed by atoms with Crippen LogP contribution < -0.4 is 5.32 Å². The Morgan fingerprint density at radius 3 is 2.63 bits per heavy atom. The van der Waals surface area contributed by atoms with Gasteiger partial charge in [0.2, 0.25) is 0 Å². The second-order valence-electron chi connectivity index (χ2n) is 5.85. The summed E-state index contributed by atoms with van der Waals surface area (Å²) >= 11 is 0. The van der Waals surface area contributed by atoms with E-state index in [1.54, 1.807) is 7.11 Å². The molecule has 0 spiro atoms. The van der Waals surface area contributed by atoms with E-state index in [1.807, 2.05) is 11.7 Å². The lowest BCUT2D eigenvalue weighted by Crippen LogP contribution is -2.28. The third-order valence-corrected chi connectivity index (χ3v) is 3.66. The summed E-state index contributed by atoms with van der Waals surface area (Å²) in [5.41, 5.74) is 2.36. The molecule has 0 aliphatic rings. The van der Waals surface area contributed by atoms with Crippen LogP contribution in [-0.2, 0) is 11.8 Å². The molecule has 0 aromatic carbocycles. The maximum atomic E-state index is 5.52. The number of methoxy groups -OCH3 is 1. The van der Waals surface area contributed by atoms with E-state index < -0.39 is 0 Å². The Labute approximate surface area is 117 Å². The number of aryl methyl sites for hydroxylation is 2. The van der Waals surface area contributed by atoms with Crippen molar-refractivity contribution in [1.29, 1.82) is 0 Å².